The average molecular weight is 399 g/mol. The van der Waals surface area contributed by atoms with E-state index in [2.05, 4.69) is 67.6 Å². The van der Waals surface area contributed by atoms with Crippen LogP contribution in [0, 0.1) is 3.57 Å². The minimum atomic E-state index is -0.0323. The molecule has 0 aromatic carbocycles. The molecule has 6 heteroatoms. The van der Waals surface area contributed by atoms with Crippen molar-refractivity contribution in [2.75, 3.05) is 11.9 Å². The predicted octanol–water partition coefficient (Wildman–Crippen LogP) is 3.69. The quantitative estimate of drug-likeness (QED) is 0.797. The van der Waals surface area contributed by atoms with Gasteiger partial charge in [-0.05, 0) is 42.5 Å². The Morgan fingerprint density at radius 1 is 1.24 bits per heavy atom. The second-order valence-corrected chi connectivity index (χ2v) is 6.95. The maximum atomic E-state index is 4.82. The third kappa shape index (κ3) is 3.36. The number of aromatic nitrogens is 4. The van der Waals surface area contributed by atoms with E-state index >= 15 is 0 Å². The molecule has 0 fully saturated rings. The molecule has 0 aliphatic heterocycles. The van der Waals surface area contributed by atoms with E-state index in [1.54, 1.807) is 6.20 Å². The number of nitrogens with one attached hydrogen (secondary N) is 1. The molecule has 0 aliphatic rings. The minimum absolute atomic E-state index is 0.0323. The van der Waals surface area contributed by atoms with Crippen LogP contribution < -0.4 is 5.32 Å². The summed E-state index contributed by atoms with van der Waals surface area (Å²) in [6.45, 7) is 12.3. The summed E-state index contributed by atoms with van der Waals surface area (Å²) in [5.74, 6) is 1.63. The third-order valence-electron chi connectivity index (χ3n) is 3.15. The SMILES string of the molecule is CCNc1nc(-c2ccnn2CC)nc(C(C)(C)C)c1I. The zero-order valence-corrected chi connectivity index (χ0v) is 15.4. The van der Waals surface area contributed by atoms with Gasteiger partial charge in [-0.1, -0.05) is 20.8 Å². The Labute approximate surface area is 139 Å². The van der Waals surface area contributed by atoms with Crippen molar-refractivity contribution in [3.63, 3.8) is 0 Å². The van der Waals surface area contributed by atoms with Crippen LogP contribution >= 0.6 is 22.6 Å². The van der Waals surface area contributed by atoms with Crippen molar-refractivity contribution in [2.24, 2.45) is 0 Å². The lowest BCUT2D eigenvalue weighted by molar-refractivity contribution is 0.563. The first kappa shape index (κ1) is 16.2. The molecule has 0 saturated heterocycles. The van der Waals surface area contributed by atoms with Gasteiger partial charge < -0.3 is 5.32 Å². The van der Waals surface area contributed by atoms with Crippen molar-refractivity contribution < 1.29 is 0 Å². The highest BCUT2D eigenvalue weighted by molar-refractivity contribution is 14.1. The van der Waals surface area contributed by atoms with Crippen molar-refractivity contribution >= 4 is 28.4 Å². The first-order valence-electron chi connectivity index (χ1n) is 7.22. The van der Waals surface area contributed by atoms with Gasteiger partial charge in [0.25, 0.3) is 0 Å². The molecule has 0 unspecified atom stereocenters. The van der Waals surface area contributed by atoms with Crippen LogP contribution in [0.15, 0.2) is 12.3 Å². The Hall–Kier alpha value is -1.18. The van der Waals surface area contributed by atoms with E-state index in [4.69, 9.17) is 9.97 Å². The maximum absolute atomic E-state index is 4.82. The number of halogens is 1. The Kier molecular flexibility index (Phi) is 4.85. The summed E-state index contributed by atoms with van der Waals surface area (Å²) >= 11 is 2.33. The Morgan fingerprint density at radius 3 is 2.52 bits per heavy atom. The monoisotopic (exact) mass is 399 g/mol. The molecule has 1 N–H and O–H groups in total. The van der Waals surface area contributed by atoms with Crippen LogP contribution in [0.2, 0.25) is 0 Å². The molecule has 0 atom stereocenters. The van der Waals surface area contributed by atoms with Gasteiger partial charge in [0.15, 0.2) is 5.82 Å². The van der Waals surface area contributed by atoms with E-state index in [1.165, 1.54) is 0 Å². The summed E-state index contributed by atoms with van der Waals surface area (Å²) in [4.78, 5) is 9.51. The van der Waals surface area contributed by atoms with Crippen LogP contribution in [0.4, 0.5) is 5.82 Å². The first-order valence-corrected chi connectivity index (χ1v) is 8.30. The van der Waals surface area contributed by atoms with Gasteiger partial charge in [0.2, 0.25) is 0 Å². The molecule has 2 aromatic heterocycles. The zero-order valence-electron chi connectivity index (χ0n) is 13.2. The van der Waals surface area contributed by atoms with E-state index in [0.717, 1.165) is 39.7 Å². The minimum Gasteiger partial charge on any atom is -0.369 e. The van der Waals surface area contributed by atoms with Gasteiger partial charge in [-0.2, -0.15) is 5.10 Å². The van der Waals surface area contributed by atoms with Crippen molar-refractivity contribution in [3.8, 4) is 11.5 Å². The summed E-state index contributed by atoms with van der Waals surface area (Å²) in [5.41, 5.74) is 1.99. The van der Waals surface area contributed by atoms with E-state index in [1.807, 2.05) is 10.7 Å². The standard InChI is InChI=1S/C15H22IN5/c1-6-17-14-11(16)12(15(3,4)5)19-13(20-14)10-8-9-18-21(10)7-2/h8-9H,6-7H2,1-5H3,(H,17,19,20). The molecule has 21 heavy (non-hydrogen) atoms. The highest BCUT2D eigenvalue weighted by atomic mass is 127. The fourth-order valence-electron chi connectivity index (χ4n) is 2.12. The zero-order chi connectivity index (χ0) is 15.6. The predicted molar refractivity (Wildman–Crippen MR) is 94.5 cm³/mol. The molecule has 2 aromatic rings. The molecule has 0 bridgehead atoms. The number of nitrogens with zero attached hydrogens (tertiary/aromatic N) is 4. The highest BCUT2D eigenvalue weighted by Gasteiger charge is 2.24. The number of aryl methyl sites for hydroxylation is 1. The van der Waals surface area contributed by atoms with Gasteiger partial charge in [-0.25, -0.2) is 9.97 Å². The van der Waals surface area contributed by atoms with E-state index in [9.17, 15) is 0 Å². The lowest BCUT2D eigenvalue weighted by atomic mass is 9.92. The van der Waals surface area contributed by atoms with E-state index in [0.29, 0.717) is 0 Å². The summed E-state index contributed by atoms with van der Waals surface area (Å²) in [7, 11) is 0. The number of anilines is 1. The molecular weight excluding hydrogens is 377 g/mol. The summed E-state index contributed by atoms with van der Waals surface area (Å²) in [6.07, 6.45) is 1.80. The van der Waals surface area contributed by atoms with Crippen LogP contribution in [-0.2, 0) is 12.0 Å². The molecule has 0 amide bonds. The second-order valence-electron chi connectivity index (χ2n) is 5.87. The van der Waals surface area contributed by atoms with E-state index < -0.39 is 0 Å². The Morgan fingerprint density at radius 2 is 1.95 bits per heavy atom. The lowest BCUT2D eigenvalue weighted by Crippen LogP contribution is -2.19. The molecular formula is C15H22IN5. The molecule has 0 saturated carbocycles. The lowest BCUT2D eigenvalue weighted by Gasteiger charge is -2.22. The van der Waals surface area contributed by atoms with E-state index in [-0.39, 0.29) is 5.41 Å². The topological polar surface area (TPSA) is 55.6 Å². The van der Waals surface area contributed by atoms with Crippen LogP contribution in [0.5, 0.6) is 0 Å². The fourth-order valence-corrected chi connectivity index (χ4v) is 3.36. The summed E-state index contributed by atoms with van der Waals surface area (Å²) < 4.78 is 3.01. The van der Waals surface area contributed by atoms with Gasteiger partial charge in [-0.3, -0.25) is 4.68 Å². The third-order valence-corrected chi connectivity index (χ3v) is 4.17. The Balaban J connectivity index is 2.64. The number of hydrogen-bond donors (Lipinski definition) is 1. The van der Waals surface area contributed by atoms with Crippen LogP contribution in [-0.4, -0.2) is 26.3 Å². The molecule has 114 valence electrons. The highest BCUT2D eigenvalue weighted by Crippen LogP contribution is 2.31. The summed E-state index contributed by atoms with van der Waals surface area (Å²) in [6, 6.07) is 1.97. The van der Waals surface area contributed by atoms with Gasteiger partial charge in [0.05, 0.1) is 9.26 Å². The first-order chi connectivity index (χ1) is 9.88. The normalized spacial score (nSPS) is 11.7. The maximum Gasteiger partial charge on any atom is 0.180 e. The number of rotatable bonds is 4. The van der Waals surface area contributed by atoms with Crippen LogP contribution in [0.3, 0.4) is 0 Å². The summed E-state index contributed by atoms with van der Waals surface area (Å²) in [5, 5.41) is 7.66. The second kappa shape index (κ2) is 6.29. The van der Waals surface area contributed by atoms with Crippen LogP contribution in [0.25, 0.3) is 11.5 Å². The molecule has 0 radical (unpaired) electrons. The molecule has 0 spiro atoms. The van der Waals surface area contributed by atoms with Crippen LogP contribution in [0.1, 0.15) is 40.3 Å². The van der Waals surface area contributed by atoms with Crippen molar-refractivity contribution in [1.29, 1.82) is 0 Å². The number of hydrogen-bond acceptors (Lipinski definition) is 4. The largest absolute Gasteiger partial charge is 0.369 e. The van der Waals surface area contributed by atoms with Crippen molar-refractivity contribution in [2.45, 2.75) is 46.6 Å². The smallest absolute Gasteiger partial charge is 0.180 e. The van der Waals surface area contributed by atoms with Gasteiger partial charge in [0, 0.05) is 24.7 Å². The molecule has 2 rings (SSSR count). The van der Waals surface area contributed by atoms with Crippen molar-refractivity contribution in [3.05, 3.63) is 21.5 Å². The molecule has 5 nitrogen and oxygen atoms in total. The molecule has 2 heterocycles. The van der Waals surface area contributed by atoms with Gasteiger partial charge >= 0.3 is 0 Å². The van der Waals surface area contributed by atoms with Gasteiger partial charge in [0.1, 0.15) is 11.5 Å². The fraction of sp³-hybridized carbons (Fsp3) is 0.533. The molecule has 0 aliphatic carbocycles. The average Bonchev–Trinajstić information content (AvgIpc) is 2.88. The Bertz CT molecular complexity index is 627. The van der Waals surface area contributed by atoms with Crippen molar-refractivity contribution in [1.82, 2.24) is 19.7 Å². The van der Waals surface area contributed by atoms with Gasteiger partial charge in [-0.15, -0.1) is 0 Å².